The van der Waals surface area contributed by atoms with E-state index in [1.807, 2.05) is 0 Å². The van der Waals surface area contributed by atoms with Crippen LogP contribution < -0.4 is 5.32 Å². The van der Waals surface area contributed by atoms with Crippen LogP contribution in [0.2, 0.25) is 5.02 Å². The van der Waals surface area contributed by atoms with Gasteiger partial charge in [0.2, 0.25) is 0 Å². The first-order valence-corrected chi connectivity index (χ1v) is 7.21. The highest BCUT2D eigenvalue weighted by Gasteiger charge is 2.09. The highest BCUT2D eigenvalue weighted by Crippen LogP contribution is 2.24. The van der Waals surface area contributed by atoms with Gasteiger partial charge < -0.3 is 10.4 Å². The summed E-state index contributed by atoms with van der Waals surface area (Å²) in [4.78, 5) is 10.8. The lowest BCUT2D eigenvalue weighted by Crippen LogP contribution is -2.15. The van der Waals surface area contributed by atoms with Crippen LogP contribution in [0.25, 0.3) is 0 Å². The van der Waals surface area contributed by atoms with Gasteiger partial charge in [0.15, 0.2) is 0 Å². The van der Waals surface area contributed by atoms with Crippen molar-refractivity contribution in [1.29, 1.82) is 0 Å². The van der Waals surface area contributed by atoms with Gasteiger partial charge in [0, 0.05) is 6.04 Å². The second kappa shape index (κ2) is 8.05. The fourth-order valence-corrected chi connectivity index (χ4v) is 2.22. The molecule has 1 atom stereocenters. The predicted octanol–water partition coefficient (Wildman–Crippen LogP) is 4.81. The average Bonchev–Trinajstić information content (AvgIpc) is 2.37. The molecule has 106 valence electrons. The molecule has 1 rings (SSSR count). The highest BCUT2D eigenvalue weighted by atomic mass is 35.5. The van der Waals surface area contributed by atoms with Crippen molar-refractivity contribution in [2.24, 2.45) is 0 Å². The van der Waals surface area contributed by atoms with Gasteiger partial charge in [-0.05, 0) is 31.5 Å². The van der Waals surface area contributed by atoms with E-state index in [0.29, 0.717) is 11.1 Å². The molecule has 0 aromatic heterocycles. The molecule has 0 amide bonds. The van der Waals surface area contributed by atoms with Crippen LogP contribution in [0.15, 0.2) is 18.2 Å². The van der Waals surface area contributed by atoms with Crippen molar-refractivity contribution in [3.8, 4) is 0 Å². The second-order valence-corrected chi connectivity index (χ2v) is 5.30. The van der Waals surface area contributed by atoms with Gasteiger partial charge in [-0.1, -0.05) is 44.2 Å². The number of carboxylic acid groups (broad SMARTS) is 1. The molecule has 0 heterocycles. The number of carbonyl (C=O) groups is 1. The van der Waals surface area contributed by atoms with Crippen LogP contribution in [0.5, 0.6) is 0 Å². The van der Waals surface area contributed by atoms with Crippen molar-refractivity contribution in [2.75, 3.05) is 5.32 Å². The number of carboxylic acids is 1. The van der Waals surface area contributed by atoms with Gasteiger partial charge in [-0.15, -0.1) is 0 Å². The van der Waals surface area contributed by atoms with Crippen LogP contribution >= 0.6 is 11.6 Å². The zero-order valence-electron chi connectivity index (χ0n) is 11.6. The van der Waals surface area contributed by atoms with E-state index in [9.17, 15) is 4.79 Å². The Kier molecular flexibility index (Phi) is 6.71. The van der Waals surface area contributed by atoms with Crippen LogP contribution in [0.4, 0.5) is 5.69 Å². The fraction of sp³-hybridized carbons (Fsp3) is 0.533. The molecule has 19 heavy (non-hydrogen) atoms. The van der Waals surface area contributed by atoms with Gasteiger partial charge in [0.05, 0.1) is 16.3 Å². The second-order valence-electron chi connectivity index (χ2n) is 4.89. The summed E-state index contributed by atoms with van der Waals surface area (Å²) in [6, 6.07) is 5.12. The number of aromatic carboxylic acids is 1. The Morgan fingerprint density at radius 3 is 2.68 bits per heavy atom. The summed E-state index contributed by atoms with van der Waals surface area (Å²) in [7, 11) is 0. The number of hydrogen-bond donors (Lipinski definition) is 2. The standard InChI is InChI=1S/C15H22ClNO2/c1-3-4-5-6-7-11(2)17-14-9-8-12(15(18)19)10-13(14)16/h8-11,17H,3-7H2,1-2H3,(H,18,19). The van der Waals surface area contributed by atoms with Crippen molar-refractivity contribution in [3.63, 3.8) is 0 Å². The van der Waals surface area contributed by atoms with Crippen molar-refractivity contribution in [2.45, 2.75) is 52.0 Å². The van der Waals surface area contributed by atoms with Gasteiger partial charge in [-0.25, -0.2) is 4.79 Å². The van der Waals surface area contributed by atoms with Crippen molar-refractivity contribution in [3.05, 3.63) is 28.8 Å². The number of halogens is 1. The maximum atomic E-state index is 10.8. The molecule has 0 aliphatic carbocycles. The largest absolute Gasteiger partial charge is 0.478 e. The molecule has 1 aromatic rings. The summed E-state index contributed by atoms with van der Waals surface area (Å²) in [5, 5.41) is 12.7. The number of hydrogen-bond acceptors (Lipinski definition) is 2. The van der Waals surface area contributed by atoms with E-state index in [2.05, 4.69) is 19.2 Å². The van der Waals surface area contributed by atoms with Crippen molar-refractivity contribution >= 4 is 23.3 Å². The molecule has 0 saturated heterocycles. The first-order valence-electron chi connectivity index (χ1n) is 6.84. The molecule has 0 spiro atoms. The Hall–Kier alpha value is -1.22. The van der Waals surface area contributed by atoms with Crippen LogP contribution in [0, 0.1) is 0 Å². The Labute approximate surface area is 120 Å². The summed E-state index contributed by atoms with van der Waals surface area (Å²) >= 11 is 6.08. The zero-order valence-corrected chi connectivity index (χ0v) is 12.3. The van der Waals surface area contributed by atoms with Gasteiger partial charge in [0.25, 0.3) is 0 Å². The Morgan fingerprint density at radius 2 is 2.11 bits per heavy atom. The molecule has 0 radical (unpaired) electrons. The molecule has 1 aromatic carbocycles. The van der Waals surface area contributed by atoms with Crippen LogP contribution in [0.3, 0.4) is 0 Å². The fourth-order valence-electron chi connectivity index (χ4n) is 1.98. The summed E-state index contributed by atoms with van der Waals surface area (Å²) in [6.45, 7) is 4.32. The number of nitrogens with one attached hydrogen (secondary N) is 1. The van der Waals surface area contributed by atoms with Crippen molar-refractivity contribution in [1.82, 2.24) is 0 Å². The third kappa shape index (κ3) is 5.52. The smallest absolute Gasteiger partial charge is 0.335 e. The highest BCUT2D eigenvalue weighted by molar-refractivity contribution is 6.33. The molecule has 0 aliphatic rings. The number of unbranched alkanes of at least 4 members (excludes halogenated alkanes) is 3. The Balaban J connectivity index is 2.50. The summed E-state index contributed by atoms with van der Waals surface area (Å²) in [5.74, 6) is -0.957. The van der Waals surface area contributed by atoms with E-state index in [4.69, 9.17) is 16.7 Å². The lowest BCUT2D eigenvalue weighted by atomic mass is 10.1. The van der Waals surface area contributed by atoms with Gasteiger partial charge in [-0.3, -0.25) is 0 Å². The molecule has 0 saturated carbocycles. The topological polar surface area (TPSA) is 49.3 Å². The minimum Gasteiger partial charge on any atom is -0.478 e. The van der Waals surface area contributed by atoms with E-state index < -0.39 is 5.97 Å². The number of benzene rings is 1. The molecule has 0 bridgehead atoms. The number of rotatable bonds is 8. The zero-order chi connectivity index (χ0) is 14.3. The molecule has 3 nitrogen and oxygen atoms in total. The summed E-state index contributed by atoms with van der Waals surface area (Å²) in [6.07, 6.45) is 6.07. The van der Waals surface area contributed by atoms with E-state index >= 15 is 0 Å². The van der Waals surface area contributed by atoms with Crippen molar-refractivity contribution < 1.29 is 9.90 Å². The van der Waals surface area contributed by atoms with Gasteiger partial charge in [-0.2, -0.15) is 0 Å². The minimum absolute atomic E-state index is 0.214. The Morgan fingerprint density at radius 1 is 1.37 bits per heavy atom. The minimum atomic E-state index is -0.957. The first-order chi connectivity index (χ1) is 9.04. The van der Waals surface area contributed by atoms with Crippen LogP contribution in [-0.4, -0.2) is 17.1 Å². The molecule has 0 fully saturated rings. The van der Waals surface area contributed by atoms with E-state index in [0.717, 1.165) is 12.1 Å². The van der Waals surface area contributed by atoms with E-state index in [1.54, 1.807) is 12.1 Å². The summed E-state index contributed by atoms with van der Waals surface area (Å²) in [5.41, 5.74) is 1.01. The lowest BCUT2D eigenvalue weighted by molar-refractivity contribution is 0.0697. The number of anilines is 1. The maximum Gasteiger partial charge on any atom is 0.335 e. The lowest BCUT2D eigenvalue weighted by Gasteiger charge is -2.16. The van der Waals surface area contributed by atoms with Crippen LogP contribution in [0.1, 0.15) is 56.3 Å². The molecular formula is C15H22ClNO2. The predicted molar refractivity (Wildman–Crippen MR) is 80.3 cm³/mol. The third-order valence-electron chi connectivity index (χ3n) is 3.11. The Bertz CT molecular complexity index is 421. The monoisotopic (exact) mass is 283 g/mol. The molecule has 2 N–H and O–H groups in total. The summed E-state index contributed by atoms with van der Waals surface area (Å²) < 4.78 is 0. The van der Waals surface area contributed by atoms with E-state index in [1.165, 1.54) is 31.7 Å². The SMILES string of the molecule is CCCCCCC(C)Nc1ccc(C(=O)O)cc1Cl. The van der Waals surface area contributed by atoms with E-state index in [-0.39, 0.29) is 5.56 Å². The molecule has 4 heteroatoms. The average molecular weight is 284 g/mol. The molecule has 1 unspecified atom stereocenters. The third-order valence-corrected chi connectivity index (χ3v) is 3.42. The maximum absolute atomic E-state index is 10.8. The first kappa shape index (κ1) is 15.8. The van der Waals surface area contributed by atoms with Crippen LogP contribution in [-0.2, 0) is 0 Å². The quantitative estimate of drug-likeness (QED) is 0.673. The normalized spacial score (nSPS) is 12.2. The molecular weight excluding hydrogens is 262 g/mol. The van der Waals surface area contributed by atoms with Gasteiger partial charge in [0.1, 0.15) is 0 Å². The molecule has 0 aliphatic heterocycles. The van der Waals surface area contributed by atoms with Gasteiger partial charge >= 0.3 is 5.97 Å².